The molecule has 0 spiro atoms. The fourth-order valence-corrected chi connectivity index (χ4v) is 2.16. The van der Waals surface area contributed by atoms with Crippen molar-refractivity contribution < 1.29 is 0 Å². The highest BCUT2D eigenvalue weighted by Gasteiger charge is 2.04. The highest BCUT2D eigenvalue weighted by molar-refractivity contribution is 6.36. The summed E-state index contributed by atoms with van der Waals surface area (Å²) < 4.78 is 0. The van der Waals surface area contributed by atoms with E-state index in [0.29, 0.717) is 0 Å². The summed E-state index contributed by atoms with van der Waals surface area (Å²) >= 11 is 12.2. The average molecular weight is 251 g/mol. The van der Waals surface area contributed by atoms with E-state index in [1.807, 2.05) is 37.3 Å². The van der Waals surface area contributed by atoms with Gasteiger partial charge in [-0.1, -0.05) is 53.5 Å². The molecule has 2 heteroatoms. The van der Waals surface area contributed by atoms with Gasteiger partial charge in [-0.15, -0.1) is 0 Å². The second-order valence-electron chi connectivity index (χ2n) is 3.85. The van der Waals surface area contributed by atoms with E-state index in [1.54, 1.807) is 0 Å². The van der Waals surface area contributed by atoms with Gasteiger partial charge in [-0.3, -0.25) is 0 Å². The standard InChI is InChI=1S/C14H12Cl2/c1-10-13(15)8-12(9-14(10)16)7-11-5-3-2-4-6-11/h2-6,8-9H,7H2,1H3. The molecule has 2 aromatic rings. The number of hydrogen-bond donors (Lipinski definition) is 0. The van der Waals surface area contributed by atoms with Crippen LogP contribution >= 0.6 is 23.2 Å². The smallest absolute Gasteiger partial charge is 0.0452 e. The van der Waals surface area contributed by atoms with Crippen LogP contribution in [0.3, 0.4) is 0 Å². The molecular formula is C14H12Cl2. The van der Waals surface area contributed by atoms with Crippen molar-refractivity contribution in [3.8, 4) is 0 Å². The number of benzene rings is 2. The van der Waals surface area contributed by atoms with E-state index in [4.69, 9.17) is 23.2 Å². The third-order valence-electron chi connectivity index (χ3n) is 2.59. The molecule has 0 heterocycles. The van der Waals surface area contributed by atoms with Gasteiger partial charge < -0.3 is 0 Å². The van der Waals surface area contributed by atoms with Crippen molar-refractivity contribution in [2.75, 3.05) is 0 Å². The number of halogens is 2. The van der Waals surface area contributed by atoms with Gasteiger partial charge in [-0.2, -0.15) is 0 Å². The van der Waals surface area contributed by atoms with Gasteiger partial charge in [0, 0.05) is 10.0 Å². The van der Waals surface area contributed by atoms with Gasteiger partial charge in [0.1, 0.15) is 0 Å². The predicted octanol–water partition coefficient (Wildman–Crippen LogP) is 4.89. The molecule has 0 saturated heterocycles. The Labute approximate surface area is 106 Å². The minimum atomic E-state index is 0.735. The zero-order chi connectivity index (χ0) is 11.5. The van der Waals surface area contributed by atoms with Gasteiger partial charge in [0.2, 0.25) is 0 Å². The first-order chi connectivity index (χ1) is 7.66. The lowest BCUT2D eigenvalue weighted by molar-refractivity contribution is 1.19. The van der Waals surface area contributed by atoms with Crippen LogP contribution in [0.4, 0.5) is 0 Å². The molecule has 0 nitrogen and oxygen atoms in total. The van der Waals surface area contributed by atoms with Crippen LogP contribution in [0, 0.1) is 6.92 Å². The van der Waals surface area contributed by atoms with Crippen LogP contribution in [0.5, 0.6) is 0 Å². The zero-order valence-corrected chi connectivity index (χ0v) is 10.5. The Morgan fingerprint density at radius 3 is 2.00 bits per heavy atom. The summed E-state index contributed by atoms with van der Waals surface area (Å²) in [6, 6.07) is 14.2. The summed E-state index contributed by atoms with van der Waals surface area (Å²) in [4.78, 5) is 0. The largest absolute Gasteiger partial charge is 0.0840 e. The Morgan fingerprint density at radius 1 is 0.875 bits per heavy atom. The summed E-state index contributed by atoms with van der Waals surface area (Å²) in [5.41, 5.74) is 3.35. The molecule has 0 amide bonds. The van der Waals surface area contributed by atoms with Crippen molar-refractivity contribution in [2.24, 2.45) is 0 Å². The molecule has 16 heavy (non-hydrogen) atoms. The molecule has 0 fully saturated rings. The van der Waals surface area contributed by atoms with E-state index < -0.39 is 0 Å². The third-order valence-corrected chi connectivity index (χ3v) is 3.38. The quantitative estimate of drug-likeness (QED) is 0.712. The van der Waals surface area contributed by atoms with Gasteiger partial charge in [-0.05, 0) is 42.2 Å². The van der Waals surface area contributed by atoms with Crippen molar-refractivity contribution >= 4 is 23.2 Å². The zero-order valence-electron chi connectivity index (χ0n) is 9.00. The first kappa shape index (κ1) is 11.5. The summed E-state index contributed by atoms with van der Waals surface area (Å²) in [6.07, 6.45) is 0.862. The van der Waals surface area contributed by atoms with Gasteiger partial charge >= 0.3 is 0 Å². The molecule has 0 aliphatic carbocycles. The van der Waals surface area contributed by atoms with E-state index in [1.165, 1.54) is 5.56 Å². The van der Waals surface area contributed by atoms with Crippen LogP contribution < -0.4 is 0 Å². The van der Waals surface area contributed by atoms with Gasteiger partial charge in [0.05, 0.1) is 0 Å². The summed E-state index contributed by atoms with van der Waals surface area (Å²) in [5, 5.41) is 1.47. The normalized spacial score (nSPS) is 10.4. The Balaban J connectivity index is 2.29. The highest BCUT2D eigenvalue weighted by Crippen LogP contribution is 2.26. The minimum absolute atomic E-state index is 0.735. The van der Waals surface area contributed by atoms with E-state index in [9.17, 15) is 0 Å². The fraction of sp³-hybridized carbons (Fsp3) is 0.143. The molecule has 2 aromatic carbocycles. The van der Waals surface area contributed by atoms with Gasteiger partial charge in [-0.25, -0.2) is 0 Å². The van der Waals surface area contributed by atoms with Crippen LogP contribution in [-0.2, 0) is 6.42 Å². The Kier molecular flexibility index (Phi) is 3.52. The fourth-order valence-electron chi connectivity index (χ4n) is 1.63. The van der Waals surface area contributed by atoms with Crippen LogP contribution in [0.25, 0.3) is 0 Å². The lowest BCUT2D eigenvalue weighted by Gasteiger charge is -2.06. The van der Waals surface area contributed by atoms with Gasteiger partial charge in [0.15, 0.2) is 0 Å². The topological polar surface area (TPSA) is 0 Å². The van der Waals surface area contributed by atoms with Gasteiger partial charge in [0.25, 0.3) is 0 Å². The Hall–Kier alpha value is -0.980. The first-order valence-corrected chi connectivity index (χ1v) is 5.91. The Morgan fingerprint density at radius 2 is 1.44 bits per heavy atom. The van der Waals surface area contributed by atoms with Crippen molar-refractivity contribution in [3.63, 3.8) is 0 Å². The van der Waals surface area contributed by atoms with Crippen LogP contribution in [-0.4, -0.2) is 0 Å². The average Bonchev–Trinajstić information content (AvgIpc) is 2.27. The number of hydrogen-bond acceptors (Lipinski definition) is 0. The maximum absolute atomic E-state index is 6.10. The summed E-state index contributed by atoms with van der Waals surface area (Å²) in [6.45, 7) is 1.93. The van der Waals surface area contributed by atoms with E-state index in [2.05, 4.69) is 12.1 Å². The molecule has 0 radical (unpaired) electrons. The Bertz CT molecular complexity index is 466. The molecule has 2 rings (SSSR count). The molecule has 0 N–H and O–H groups in total. The maximum atomic E-state index is 6.10. The monoisotopic (exact) mass is 250 g/mol. The number of rotatable bonds is 2. The van der Waals surface area contributed by atoms with Crippen molar-refractivity contribution in [1.82, 2.24) is 0 Å². The highest BCUT2D eigenvalue weighted by atomic mass is 35.5. The minimum Gasteiger partial charge on any atom is -0.0840 e. The van der Waals surface area contributed by atoms with Crippen molar-refractivity contribution in [1.29, 1.82) is 0 Å². The first-order valence-electron chi connectivity index (χ1n) is 5.15. The molecule has 0 aliphatic heterocycles. The molecule has 0 aliphatic rings. The maximum Gasteiger partial charge on any atom is 0.0452 e. The lowest BCUT2D eigenvalue weighted by atomic mass is 10.0. The molecule has 0 aromatic heterocycles. The molecule has 0 bridgehead atoms. The SMILES string of the molecule is Cc1c(Cl)cc(Cc2ccccc2)cc1Cl. The molecule has 0 unspecified atom stereocenters. The summed E-state index contributed by atoms with van der Waals surface area (Å²) in [7, 11) is 0. The van der Waals surface area contributed by atoms with E-state index >= 15 is 0 Å². The molecule has 0 atom stereocenters. The molecular weight excluding hydrogens is 239 g/mol. The van der Waals surface area contributed by atoms with Crippen LogP contribution in [0.1, 0.15) is 16.7 Å². The van der Waals surface area contributed by atoms with Crippen molar-refractivity contribution in [2.45, 2.75) is 13.3 Å². The van der Waals surface area contributed by atoms with E-state index in [-0.39, 0.29) is 0 Å². The predicted molar refractivity (Wildman–Crippen MR) is 70.4 cm³/mol. The van der Waals surface area contributed by atoms with Crippen molar-refractivity contribution in [3.05, 3.63) is 69.2 Å². The molecule has 0 saturated carbocycles. The van der Waals surface area contributed by atoms with E-state index in [0.717, 1.165) is 27.6 Å². The lowest BCUT2D eigenvalue weighted by Crippen LogP contribution is -1.89. The second kappa shape index (κ2) is 4.90. The second-order valence-corrected chi connectivity index (χ2v) is 4.66. The van der Waals surface area contributed by atoms with Crippen LogP contribution in [0.2, 0.25) is 10.0 Å². The molecule has 82 valence electrons. The third kappa shape index (κ3) is 2.58. The summed E-state index contributed by atoms with van der Waals surface area (Å²) in [5.74, 6) is 0. The van der Waals surface area contributed by atoms with Crippen LogP contribution in [0.15, 0.2) is 42.5 Å².